The fourth-order valence-corrected chi connectivity index (χ4v) is 3.04. The van der Waals surface area contributed by atoms with Crippen molar-refractivity contribution in [2.45, 2.75) is 18.5 Å². The van der Waals surface area contributed by atoms with Gasteiger partial charge in [-0.05, 0) is 6.42 Å². The molecule has 2 rings (SSSR count). The number of likely N-dealkylation sites (tertiary alicyclic amines) is 1. The van der Waals surface area contributed by atoms with Gasteiger partial charge < -0.3 is 4.74 Å². The Balaban J connectivity index is 1.82. The molecule has 0 aromatic rings. The van der Waals surface area contributed by atoms with Crippen molar-refractivity contribution in [1.82, 2.24) is 8.01 Å². The Morgan fingerprint density at radius 3 is 2.75 bits per heavy atom. The van der Waals surface area contributed by atoms with E-state index in [2.05, 4.69) is 30.9 Å². The molecule has 12 heavy (non-hydrogen) atoms. The van der Waals surface area contributed by atoms with Crippen molar-refractivity contribution in [2.75, 3.05) is 33.4 Å². The highest BCUT2D eigenvalue weighted by molar-refractivity contribution is 14.1. The number of fused-ring (bicyclic) bond motifs is 2. The van der Waals surface area contributed by atoms with Gasteiger partial charge in [0.15, 0.2) is 0 Å². The monoisotopic (exact) mass is 282 g/mol. The predicted octanol–water partition coefficient (Wildman–Crippen LogP) is 0.741. The number of hydrogen-bond acceptors (Lipinski definition) is 3. The van der Waals surface area contributed by atoms with Gasteiger partial charge in [0.2, 0.25) is 0 Å². The van der Waals surface area contributed by atoms with E-state index in [-0.39, 0.29) is 0 Å². The molecule has 3 nitrogen and oxygen atoms in total. The van der Waals surface area contributed by atoms with Crippen molar-refractivity contribution in [1.29, 1.82) is 0 Å². The number of piperazine rings is 1. The maximum Gasteiger partial charge on any atom is 0.0589 e. The molecule has 2 atom stereocenters. The van der Waals surface area contributed by atoms with Crippen LogP contribution in [-0.2, 0) is 4.74 Å². The van der Waals surface area contributed by atoms with Crippen LogP contribution in [0.3, 0.4) is 0 Å². The van der Waals surface area contributed by atoms with Crippen molar-refractivity contribution in [3.8, 4) is 0 Å². The minimum Gasteiger partial charge on any atom is -0.383 e. The SMILES string of the molecule is COCCN1CC2CC1CN2I. The van der Waals surface area contributed by atoms with Gasteiger partial charge in [-0.15, -0.1) is 0 Å². The van der Waals surface area contributed by atoms with Crippen LogP contribution in [0.4, 0.5) is 0 Å². The molecule has 4 heteroatoms. The van der Waals surface area contributed by atoms with Crippen LogP contribution in [0.2, 0.25) is 0 Å². The second-order valence-electron chi connectivity index (χ2n) is 3.61. The van der Waals surface area contributed by atoms with Crippen LogP contribution in [0.25, 0.3) is 0 Å². The van der Waals surface area contributed by atoms with E-state index in [1.54, 1.807) is 7.11 Å². The lowest BCUT2D eigenvalue weighted by Crippen LogP contribution is -2.43. The molecule has 0 saturated carbocycles. The Kier molecular flexibility index (Phi) is 2.89. The first-order valence-corrected chi connectivity index (χ1v) is 5.43. The zero-order valence-corrected chi connectivity index (χ0v) is 9.53. The summed E-state index contributed by atoms with van der Waals surface area (Å²) in [7, 11) is 1.78. The fourth-order valence-electron chi connectivity index (χ4n) is 2.18. The van der Waals surface area contributed by atoms with E-state index < -0.39 is 0 Å². The average molecular weight is 282 g/mol. The van der Waals surface area contributed by atoms with Gasteiger partial charge in [-0.2, -0.15) is 0 Å². The number of methoxy groups -OCH3 is 1. The number of nitrogens with zero attached hydrogens (tertiary/aromatic N) is 2. The first kappa shape index (κ1) is 9.18. The van der Waals surface area contributed by atoms with Crippen LogP contribution in [0.5, 0.6) is 0 Å². The van der Waals surface area contributed by atoms with Gasteiger partial charge >= 0.3 is 0 Å². The minimum atomic E-state index is 0.807. The molecule has 2 unspecified atom stereocenters. The van der Waals surface area contributed by atoms with Crippen LogP contribution >= 0.6 is 22.9 Å². The molecule has 0 aliphatic carbocycles. The summed E-state index contributed by atoms with van der Waals surface area (Å²) in [6, 6.07) is 1.62. The number of hydrogen-bond donors (Lipinski definition) is 0. The molecule has 2 bridgehead atoms. The summed E-state index contributed by atoms with van der Waals surface area (Å²) in [5.41, 5.74) is 0. The van der Waals surface area contributed by atoms with E-state index in [0.717, 1.165) is 25.2 Å². The zero-order chi connectivity index (χ0) is 8.55. The Morgan fingerprint density at radius 1 is 1.42 bits per heavy atom. The van der Waals surface area contributed by atoms with E-state index in [4.69, 9.17) is 4.74 Å². The summed E-state index contributed by atoms with van der Waals surface area (Å²) in [6.07, 6.45) is 1.37. The van der Waals surface area contributed by atoms with E-state index in [1.165, 1.54) is 19.5 Å². The first-order valence-electron chi connectivity index (χ1n) is 4.46. The van der Waals surface area contributed by atoms with Crippen LogP contribution < -0.4 is 0 Å². The van der Waals surface area contributed by atoms with Gasteiger partial charge in [0, 0.05) is 61.7 Å². The zero-order valence-electron chi connectivity index (χ0n) is 7.37. The van der Waals surface area contributed by atoms with Gasteiger partial charge in [0.1, 0.15) is 0 Å². The van der Waals surface area contributed by atoms with Crippen molar-refractivity contribution in [2.24, 2.45) is 0 Å². The summed E-state index contributed by atoms with van der Waals surface area (Å²) in [4.78, 5) is 2.56. The molecule has 0 amide bonds. The second kappa shape index (κ2) is 3.77. The third-order valence-electron chi connectivity index (χ3n) is 2.87. The van der Waals surface area contributed by atoms with Crippen molar-refractivity contribution in [3.63, 3.8) is 0 Å². The molecule has 0 aromatic heterocycles. The Bertz CT molecular complexity index is 165. The molecule has 0 aromatic carbocycles. The summed E-state index contributed by atoms with van der Waals surface area (Å²) in [6.45, 7) is 4.48. The third-order valence-corrected chi connectivity index (χ3v) is 4.05. The van der Waals surface area contributed by atoms with Crippen molar-refractivity contribution in [3.05, 3.63) is 0 Å². The maximum atomic E-state index is 5.08. The molecule has 2 saturated heterocycles. The second-order valence-corrected chi connectivity index (χ2v) is 4.85. The smallest absolute Gasteiger partial charge is 0.0589 e. The fraction of sp³-hybridized carbons (Fsp3) is 1.00. The highest BCUT2D eigenvalue weighted by atomic mass is 127. The van der Waals surface area contributed by atoms with E-state index in [1.807, 2.05) is 0 Å². The average Bonchev–Trinajstić information content (AvgIpc) is 2.58. The molecule has 2 aliphatic heterocycles. The normalized spacial score (nSPS) is 36.5. The quantitative estimate of drug-likeness (QED) is 0.561. The lowest BCUT2D eigenvalue weighted by molar-refractivity contribution is 0.123. The van der Waals surface area contributed by atoms with E-state index >= 15 is 0 Å². The molecule has 2 aliphatic rings. The molecule has 2 fully saturated rings. The standard InChI is InChI=1S/C8H15IN2O/c1-12-3-2-10-5-8-4-7(10)6-11(8)9/h7-8H,2-6H2,1H3. The number of rotatable bonds is 3. The number of ether oxygens (including phenoxy) is 1. The lowest BCUT2D eigenvalue weighted by atomic mass is 10.2. The van der Waals surface area contributed by atoms with Crippen molar-refractivity contribution < 1.29 is 4.74 Å². The van der Waals surface area contributed by atoms with Gasteiger partial charge in [-0.3, -0.25) is 4.90 Å². The van der Waals surface area contributed by atoms with Crippen molar-refractivity contribution >= 4 is 22.9 Å². The lowest BCUT2D eigenvalue weighted by Gasteiger charge is -2.30. The Morgan fingerprint density at radius 2 is 2.25 bits per heavy atom. The van der Waals surface area contributed by atoms with Gasteiger partial charge in [-0.25, -0.2) is 3.11 Å². The largest absolute Gasteiger partial charge is 0.383 e. The molecular formula is C8H15IN2O. The molecule has 0 radical (unpaired) electrons. The Hall–Kier alpha value is 0.610. The first-order chi connectivity index (χ1) is 5.81. The summed E-state index contributed by atoms with van der Waals surface area (Å²) < 4.78 is 7.53. The number of halogens is 1. The summed E-state index contributed by atoms with van der Waals surface area (Å²) >= 11 is 2.45. The highest BCUT2D eigenvalue weighted by Crippen LogP contribution is 2.32. The molecule has 70 valence electrons. The van der Waals surface area contributed by atoms with E-state index in [9.17, 15) is 0 Å². The molecule has 0 spiro atoms. The molecule has 2 heterocycles. The van der Waals surface area contributed by atoms with Crippen LogP contribution in [0.1, 0.15) is 6.42 Å². The summed E-state index contributed by atoms with van der Waals surface area (Å²) in [5, 5.41) is 0. The predicted molar refractivity (Wildman–Crippen MR) is 56.4 cm³/mol. The van der Waals surface area contributed by atoms with Gasteiger partial charge in [0.05, 0.1) is 6.61 Å². The topological polar surface area (TPSA) is 15.7 Å². The highest BCUT2D eigenvalue weighted by Gasteiger charge is 2.41. The minimum absolute atomic E-state index is 0.807. The van der Waals surface area contributed by atoms with Crippen LogP contribution in [0.15, 0.2) is 0 Å². The summed E-state index contributed by atoms with van der Waals surface area (Å²) in [5.74, 6) is 0. The maximum absolute atomic E-state index is 5.08. The Labute approximate surface area is 87.5 Å². The van der Waals surface area contributed by atoms with Crippen LogP contribution in [0, 0.1) is 0 Å². The van der Waals surface area contributed by atoms with Crippen LogP contribution in [-0.4, -0.2) is 53.4 Å². The molecule has 0 N–H and O–H groups in total. The van der Waals surface area contributed by atoms with Gasteiger partial charge in [-0.1, -0.05) is 0 Å². The van der Waals surface area contributed by atoms with Gasteiger partial charge in [0.25, 0.3) is 0 Å². The molecular weight excluding hydrogens is 267 g/mol. The third kappa shape index (κ3) is 1.62. The van der Waals surface area contributed by atoms with E-state index in [0.29, 0.717) is 0 Å².